The summed E-state index contributed by atoms with van der Waals surface area (Å²) in [5.74, 6) is 0.599. The number of carbonyl (C=O) groups excluding carboxylic acids is 1. The third kappa shape index (κ3) is 4.35. The first-order valence-corrected chi connectivity index (χ1v) is 8.73. The topological polar surface area (TPSA) is 65.4 Å². The molecule has 1 heterocycles. The van der Waals surface area contributed by atoms with Gasteiger partial charge in [-0.15, -0.1) is 0 Å². The molecule has 0 saturated heterocycles. The highest BCUT2D eigenvalue weighted by atomic mass is 35.5. The van der Waals surface area contributed by atoms with E-state index in [0.29, 0.717) is 17.1 Å². The van der Waals surface area contributed by atoms with Crippen molar-refractivity contribution < 1.29 is 27.4 Å². The molecule has 154 valence electrons. The summed E-state index contributed by atoms with van der Waals surface area (Å²) >= 11 is 5.76. The normalized spacial score (nSPS) is 13.8. The average molecular weight is 420 g/mol. The third-order valence-electron chi connectivity index (χ3n) is 4.35. The molecule has 1 aromatic heterocycles. The Kier molecular flexibility index (Phi) is 6.48. The number of benzene rings is 1. The Morgan fingerprint density at radius 1 is 1.25 bits per heavy atom. The summed E-state index contributed by atoms with van der Waals surface area (Å²) in [4.78, 5) is 12.6. The summed E-state index contributed by atoms with van der Waals surface area (Å²) in [6, 6.07) is 3.63. The molecule has 1 aromatic carbocycles. The maximum absolute atomic E-state index is 13.0. The largest absolute Gasteiger partial charge is 0.497 e. The first kappa shape index (κ1) is 21.9. The molecular weight excluding hydrogens is 399 g/mol. The van der Waals surface area contributed by atoms with Crippen molar-refractivity contribution >= 4 is 17.5 Å². The number of rotatable bonds is 6. The number of alkyl halides is 3. The van der Waals surface area contributed by atoms with Crippen LogP contribution in [-0.4, -0.2) is 29.9 Å². The number of carbonyl (C=O) groups is 1. The van der Waals surface area contributed by atoms with Gasteiger partial charge in [-0.25, -0.2) is 0 Å². The molecule has 0 aliphatic heterocycles. The van der Waals surface area contributed by atoms with Gasteiger partial charge in [-0.05, 0) is 39.0 Å². The third-order valence-corrected chi connectivity index (χ3v) is 4.81. The van der Waals surface area contributed by atoms with Crippen LogP contribution in [0, 0.1) is 6.92 Å². The Labute approximate surface area is 165 Å². The van der Waals surface area contributed by atoms with Gasteiger partial charge < -0.3 is 14.8 Å². The fourth-order valence-corrected chi connectivity index (χ4v) is 2.99. The molecule has 2 rings (SSSR count). The van der Waals surface area contributed by atoms with Crippen molar-refractivity contribution in [3.8, 4) is 11.5 Å². The second-order valence-electron chi connectivity index (χ2n) is 6.20. The number of amides is 1. The quantitative estimate of drug-likeness (QED) is 0.757. The Hall–Kier alpha value is -2.42. The smallest absolute Gasteiger partial charge is 0.436 e. The fourth-order valence-electron chi connectivity index (χ4n) is 2.76. The number of hydrogen-bond acceptors (Lipinski definition) is 4. The van der Waals surface area contributed by atoms with E-state index in [1.54, 1.807) is 25.1 Å². The molecule has 0 spiro atoms. The van der Waals surface area contributed by atoms with Crippen molar-refractivity contribution in [3.05, 3.63) is 40.2 Å². The predicted molar refractivity (Wildman–Crippen MR) is 97.8 cm³/mol. The lowest BCUT2D eigenvalue weighted by Crippen LogP contribution is -2.34. The van der Waals surface area contributed by atoms with Crippen molar-refractivity contribution in [3.63, 3.8) is 0 Å². The zero-order valence-corrected chi connectivity index (χ0v) is 16.8. The lowest BCUT2D eigenvalue weighted by atomic mass is 10.1. The van der Waals surface area contributed by atoms with E-state index >= 15 is 0 Å². The molecule has 2 atom stereocenters. The van der Waals surface area contributed by atoms with Gasteiger partial charge in [0.15, 0.2) is 5.69 Å². The van der Waals surface area contributed by atoms with E-state index in [-0.39, 0.29) is 5.69 Å². The maximum atomic E-state index is 13.0. The maximum Gasteiger partial charge on any atom is 0.436 e. The molecule has 0 saturated carbocycles. The number of nitrogens with zero attached hydrogens (tertiary/aromatic N) is 2. The van der Waals surface area contributed by atoms with Crippen LogP contribution in [0.5, 0.6) is 11.5 Å². The molecule has 28 heavy (non-hydrogen) atoms. The number of aromatic nitrogens is 2. The lowest BCUT2D eigenvalue weighted by molar-refractivity contribution is -0.141. The zero-order valence-electron chi connectivity index (χ0n) is 16.0. The van der Waals surface area contributed by atoms with E-state index in [9.17, 15) is 18.0 Å². The Bertz CT molecular complexity index is 868. The molecule has 0 aliphatic rings. The second kappa shape index (κ2) is 8.30. The first-order valence-electron chi connectivity index (χ1n) is 8.35. The molecule has 2 aromatic rings. The van der Waals surface area contributed by atoms with Crippen LogP contribution >= 0.6 is 11.6 Å². The lowest BCUT2D eigenvalue weighted by Gasteiger charge is -2.21. The van der Waals surface area contributed by atoms with E-state index in [1.165, 1.54) is 28.1 Å². The molecule has 1 N–H and O–H groups in total. The molecule has 6 nitrogen and oxygen atoms in total. The zero-order chi connectivity index (χ0) is 21.2. The molecule has 0 fully saturated rings. The van der Waals surface area contributed by atoms with Crippen LogP contribution in [0.15, 0.2) is 18.2 Å². The number of halogens is 4. The highest BCUT2D eigenvalue weighted by Crippen LogP contribution is 2.36. The number of hydrogen-bond donors (Lipinski definition) is 1. The standard InChI is InChI=1S/C18H21ClF3N3O3/c1-9(13-8-12(27-4)6-7-14(13)28-5)23-17(26)11(3)25-10(2)15(19)16(24-25)18(20,21)22/h6-9,11H,1-5H3,(H,23,26). The van der Waals surface area contributed by atoms with Crippen LogP contribution in [0.1, 0.15) is 42.9 Å². The van der Waals surface area contributed by atoms with Crippen molar-refractivity contribution in [2.24, 2.45) is 0 Å². The highest BCUT2D eigenvalue weighted by molar-refractivity contribution is 6.32. The Morgan fingerprint density at radius 2 is 1.89 bits per heavy atom. The van der Waals surface area contributed by atoms with E-state index < -0.39 is 34.9 Å². The Morgan fingerprint density at radius 3 is 2.39 bits per heavy atom. The SMILES string of the molecule is COc1ccc(OC)c(C(C)NC(=O)C(C)n2nc(C(F)(F)F)c(Cl)c2C)c1. The summed E-state index contributed by atoms with van der Waals surface area (Å²) in [5.41, 5.74) is -0.495. The van der Waals surface area contributed by atoms with Crippen molar-refractivity contribution in [2.45, 2.75) is 39.0 Å². The van der Waals surface area contributed by atoms with Crippen molar-refractivity contribution in [2.75, 3.05) is 14.2 Å². The minimum Gasteiger partial charge on any atom is -0.497 e. The second-order valence-corrected chi connectivity index (χ2v) is 6.58. The monoisotopic (exact) mass is 419 g/mol. The van der Waals surface area contributed by atoms with Gasteiger partial charge in [0.2, 0.25) is 5.91 Å². The van der Waals surface area contributed by atoms with Gasteiger partial charge in [0, 0.05) is 5.56 Å². The van der Waals surface area contributed by atoms with Gasteiger partial charge in [0.25, 0.3) is 0 Å². The van der Waals surface area contributed by atoms with Crippen LogP contribution in [0.3, 0.4) is 0 Å². The van der Waals surface area contributed by atoms with Crippen LogP contribution in [0.25, 0.3) is 0 Å². The van der Waals surface area contributed by atoms with Crippen LogP contribution < -0.4 is 14.8 Å². The Balaban J connectivity index is 2.26. The van der Waals surface area contributed by atoms with E-state index in [1.807, 2.05) is 0 Å². The molecule has 0 aliphatic carbocycles. The number of nitrogens with one attached hydrogen (secondary N) is 1. The van der Waals surface area contributed by atoms with Crippen LogP contribution in [-0.2, 0) is 11.0 Å². The fraction of sp³-hybridized carbons (Fsp3) is 0.444. The molecular formula is C18H21ClF3N3O3. The summed E-state index contributed by atoms with van der Waals surface area (Å²) in [6.45, 7) is 4.55. The number of methoxy groups -OCH3 is 2. The molecule has 10 heteroatoms. The van der Waals surface area contributed by atoms with Crippen LogP contribution in [0.4, 0.5) is 13.2 Å². The minimum atomic E-state index is -4.70. The molecule has 2 unspecified atom stereocenters. The minimum absolute atomic E-state index is 0.0586. The molecule has 1 amide bonds. The van der Waals surface area contributed by atoms with Crippen molar-refractivity contribution in [1.29, 1.82) is 0 Å². The van der Waals surface area contributed by atoms with Gasteiger partial charge in [-0.2, -0.15) is 18.3 Å². The van der Waals surface area contributed by atoms with Gasteiger partial charge in [-0.3, -0.25) is 9.48 Å². The highest BCUT2D eigenvalue weighted by Gasteiger charge is 2.39. The number of ether oxygens (including phenoxy) is 2. The van der Waals surface area contributed by atoms with E-state index in [4.69, 9.17) is 21.1 Å². The summed E-state index contributed by atoms with van der Waals surface area (Å²) in [6.07, 6.45) is -4.70. The summed E-state index contributed by atoms with van der Waals surface area (Å²) in [5, 5.41) is 5.73. The molecule has 0 bridgehead atoms. The predicted octanol–water partition coefficient (Wildman–Crippen LogP) is 4.32. The average Bonchev–Trinajstić information content (AvgIpc) is 2.95. The van der Waals surface area contributed by atoms with Gasteiger partial charge in [0.1, 0.15) is 17.5 Å². The van der Waals surface area contributed by atoms with Crippen LogP contribution in [0.2, 0.25) is 5.02 Å². The summed E-state index contributed by atoms with van der Waals surface area (Å²) < 4.78 is 50.5. The summed E-state index contributed by atoms with van der Waals surface area (Å²) in [7, 11) is 3.01. The van der Waals surface area contributed by atoms with Gasteiger partial charge >= 0.3 is 6.18 Å². The van der Waals surface area contributed by atoms with Gasteiger partial charge in [0.05, 0.1) is 31.0 Å². The van der Waals surface area contributed by atoms with E-state index in [2.05, 4.69) is 10.4 Å². The van der Waals surface area contributed by atoms with E-state index in [0.717, 1.165) is 4.68 Å². The molecule has 0 radical (unpaired) electrons. The first-order chi connectivity index (χ1) is 13.0. The van der Waals surface area contributed by atoms with Gasteiger partial charge in [-0.1, -0.05) is 11.6 Å². The van der Waals surface area contributed by atoms with Crippen molar-refractivity contribution in [1.82, 2.24) is 15.1 Å².